The number of aliphatic hydroxyl groups excluding tert-OH is 1. The predicted octanol–water partition coefficient (Wildman–Crippen LogP) is 2.71. The van der Waals surface area contributed by atoms with Crippen molar-refractivity contribution in [3.05, 3.63) is 81.5 Å². The number of benzene rings is 2. The van der Waals surface area contributed by atoms with Gasteiger partial charge in [-0.05, 0) is 18.2 Å². The van der Waals surface area contributed by atoms with Gasteiger partial charge < -0.3 is 5.11 Å². The van der Waals surface area contributed by atoms with Crippen molar-refractivity contribution in [2.75, 3.05) is 0 Å². The van der Waals surface area contributed by atoms with Crippen LogP contribution in [0.15, 0.2) is 54.7 Å². The van der Waals surface area contributed by atoms with Crippen LogP contribution in [0.25, 0.3) is 6.08 Å². The van der Waals surface area contributed by atoms with Gasteiger partial charge in [-0.1, -0.05) is 30.3 Å². The standard InChI is InChI=1S/C16H12N2O4/c19-15(11-5-2-1-3-6-11)17-10-9-12-13(16(17)20)7-4-8-14(12)18(21)22/h1-10,16,20H. The van der Waals surface area contributed by atoms with Gasteiger partial charge in [0, 0.05) is 23.4 Å². The Morgan fingerprint density at radius 1 is 1.14 bits per heavy atom. The highest BCUT2D eigenvalue weighted by Gasteiger charge is 2.30. The van der Waals surface area contributed by atoms with Crippen molar-refractivity contribution in [2.24, 2.45) is 0 Å². The molecule has 1 amide bonds. The van der Waals surface area contributed by atoms with E-state index in [9.17, 15) is 20.0 Å². The maximum absolute atomic E-state index is 12.4. The molecule has 0 fully saturated rings. The van der Waals surface area contributed by atoms with E-state index in [0.717, 1.165) is 4.90 Å². The number of carbonyl (C=O) groups excluding carboxylic acids is 1. The van der Waals surface area contributed by atoms with Crippen LogP contribution in [0.3, 0.4) is 0 Å². The first kappa shape index (κ1) is 14.0. The molecule has 0 spiro atoms. The van der Waals surface area contributed by atoms with E-state index in [0.29, 0.717) is 16.7 Å². The number of amides is 1. The van der Waals surface area contributed by atoms with Crippen LogP contribution >= 0.6 is 0 Å². The van der Waals surface area contributed by atoms with E-state index in [-0.39, 0.29) is 11.6 Å². The highest BCUT2D eigenvalue weighted by Crippen LogP contribution is 2.34. The Labute approximate surface area is 126 Å². The summed E-state index contributed by atoms with van der Waals surface area (Å²) in [5.74, 6) is -0.374. The number of nitro groups is 1. The third-order valence-electron chi connectivity index (χ3n) is 3.51. The molecule has 0 bridgehead atoms. The molecule has 0 saturated carbocycles. The lowest BCUT2D eigenvalue weighted by Gasteiger charge is -2.29. The molecule has 1 heterocycles. The molecule has 1 aliphatic rings. The van der Waals surface area contributed by atoms with Crippen LogP contribution in [0, 0.1) is 10.1 Å². The Kier molecular flexibility index (Phi) is 3.44. The van der Waals surface area contributed by atoms with E-state index >= 15 is 0 Å². The molecule has 0 saturated heterocycles. The number of nitrogens with zero attached hydrogens (tertiary/aromatic N) is 2. The molecule has 0 aliphatic carbocycles. The third-order valence-corrected chi connectivity index (χ3v) is 3.51. The summed E-state index contributed by atoms with van der Waals surface area (Å²) >= 11 is 0. The molecule has 110 valence electrons. The van der Waals surface area contributed by atoms with Crippen LogP contribution < -0.4 is 0 Å². The van der Waals surface area contributed by atoms with Gasteiger partial charge in [-0.3, -0.25) is 19.8 Å². The molecule has 1 N–H and O–H groups in total. The Bertz CT molecular complexity index is 771. The summed E-state index contributed by atoms with van der Waals surface area (Å²) in [4.78, 5) is 24.1. The second-order valence-electron chi connectivity index (χ2n) is 4.81. The molecular formula is C16H12N2O4. The molecule has 3 rings (SSSR count). The monoisotopic (exact) mass is 296 g/mol. The number of fused-ring (bicyclic) bond motifs is 1. The van der Waals surface area contributed by atoms with Crippen molar-refractivity contribution in [1.29, 1.82) is 0 Å². The van der Waals surface area contributed by atoms with Crippen LogP contribution in [0.1, 0.15) is 27.7 Å². The fraction of sp³-hybridized carbons (Fsp3) is 0.0625. The minimum absolute atomic E-state index is 0.0976. The summed E-state index contributed by atoms with van der Waals surface area (Å²) in [6.07, 6.45) is 1.59. The SMILES string of the molecule is O=C(c1ccccc1)N1C=Cc2c(cccc2[N+](=O)[O-])C1O. The predicted molar refractivity (Wildman–Crippen MR) is 79.7 cm³/mol. The Hall–Kier alpha value is -2.99. The zero-order chi connectivity index (χ0) is 15.7. The largest absolute Gasteiger partial charge is 0.369 e. The van der Waals surface area contributed by atoms with Gasteiger partial charge in [0.15, 0.2) is 6.23 Å². The zero-order valence-electron chi connectivity index (χ0n) is 11.4. The summed E-state index contributed by atoms with van der Waals surface area (Å²) in [5.41, 5.74) is 0.984. The fourth-order valence-corrected chi connectivity index (χ4v) is 2.43. The molecule has 6 heteroatoms. The van der Waals surface area contributed by atoms with Gasteiger partial charge in [-0.15, -0.1) is 0 Å². The fourth-order valence-electron chi connectivity index (χ4n) is 2.43. The second kappa shape index (κ2) is 5.42. The second-order valence-corrected chi connectivity index (χ2v) is 4.81. The van der Waals surface area contributed by atoms with E-state index < -0.39 is 11.2 Å². The summed E-state index contributed by atoms with van der Waals surface area (Å²) in [5, 5.41) is 21.4. The Morgan fingerprint density at radius 2 is 1.86 bits per heavy atom. The van der Waals surface area contributed by atoms with Crippen molar-refractivity contribution in [2.45, 2.75) is 6.23 Å². The van der Waals surface area contributed by atoms with Crippen molar-refractivity contribution in [3.63, 3.8) is 0 Å². The highest BCUT2D eigenvalue weighted by atomic mass is 16.6. The van der Waals surface area contributed by atoms with Crippen LogP contribution in [0.2, 0.25) is 0 Å². The molecule has 0 aromatic heterocycles. The number of aliphatic hydroxyl groups is 1. The van der Waals surface area contributed by atoms with Gasteiger partial charge in [0.25, 0.3) is 11.6 Å². The molecule has 1 aliphatic heterocycles. The number of nitro benzene ring substituents is 1. The summed E-state index contributed by atoms with van der Waals surface area (Å²) in [6.45, 7) is 0. The van der Waals surface area contributed by atoms with Gasteiger partial charge in [0.1, 0.15) is 0 Å². The first-order valence-electron chi connectivity index (χ1n) is 6.61. The quantitative estimate of drug-likeness (QED) is 0.682. The molecule has 22 heavy (non-hydrogen) atoms. The summed E-state index contributed by atoms with van der Waals surface area (Å²) < 4.78 is 0. The minimum atomic E-state index is -1.26. The van der Waals surface area contributed by atoms with E-state index in [1.807, 2.05) is 0 Å². The average molecular weight is 296 g/mol. The average Bonchev–Trinajstić information content (AvgIpc) is 2.55. The highest BCUT2D eigenvalue weighted by molar-refractivity contribution is 5.96. The van der Waals surface area contributed by atoms with E-state index in [4.69, 9.17) is 0 Å². The van der Waals surface area contributed by atoms with Crippen LogP contribution in [-0.2, 0) is 0 Å². The Morgan fingerprint density at radius 3 is 2.55 bits per heavy atom. The summed E-state index contributed by atoms with van der Waals surface area (Å²) in [6, 6.07) is 13.0. The van der Waals surface area contributed by atoms with Gasteiger partial charge in [0.2, 0.25) is 0 Å². The lowest BCUT2D eigenvalue weighted by molar-refractivity contribution is -0.385. The molecular weight excluding hydrogens is 284 g/mol. The maximum Gasteiger partial charge on any atom is 0.277 e. The van der Waals surface area contributed by atoms with Crippen LogP contribution in [0.4, 0.5) is 5.69 Å². The smallest absolute Gasteiger partial charge is 0.277 e. The first-order valence-corrected chi connectivity index (χ1v) is 6.61. The van der Waals surface area contributed by atoms with Crippen molar-refractivity contribution in [3.8, 4) is 0 Å². The molecule has 2 aromatic carbocycles. The zero-order valence-corrected chi connectivity index (χ0v) is 11.4. The number of hydrogen-bond donors (Lipinski definition) is 1. The molecule has 6 nitrogen and oxygen atoms in total. The maximum atomic E-state index is 12.4. The van der Waals surface area contributed by atoms with Gasteiger partial charge in [-0.25, -0.2) is 0 Å². The van der Waals surface area contributed by atoms with Gasteiger partial charge in [-0.2, -0.15) is 0 Å². The first-order chi connectivity index (χ1) is 10.6. The number of rotatable bonds is 2. The van der Waals surface area contributed by atoms with E-state index in [1.165, 1.54) is 24.4 Å². The molecule has 1 atom stereocenters. The van der Waals surface area contributed by atoms with Crippen molar-refractivity contribution in [1.82, 2.24) is 4.90 Å². The third kappa shape index (κ3) is 2.25. The molecule has 2 aromatic rings. The van der Waals surface area contributed by atoms with E-state index in [2.05, 4.69) is 0 Å². The minimum Gasteiger partial charge on any atom is -0.369 e. The topological polar surface area (TPSA) is 83.7 Å². The lowest BCUT2D eigenvalue weighted by Crippen LogP contribution is -2.32. The number of carbonyl (C=O) groups is 1. The van der Waals surface area contributed by atoms with Crippen LogP contribution in [0.5, 0.6) is 0 Å². The Balaban J connectivity index is 2.00. The van der Waals surface area contributed by atoms with Crippen LogP contribution in [-0.4, -0.2) is 20.8 Å². The van der Waals surface area contributed by atoms with E-state index in [1.54, 1.807) is 36.4 Å². The summed E-state index contributed by atoms with van der Waals surface area (Å²) in [7, 11) is 0. The van der Waals surface area contributed by atoms with Gasteiger partial charge >= 0.3 is 0 Å². The van der Waals surface area contributed by atoms with Gasteiger partial charge in [0.05, 0.1) is 10.5 Å². The van der Waals surface area contributed by atoms with Crippen molar-refractivity contribution >= 4 is 17.7 Å². The number of hydrogen-bond acceptors (Lipinski definition) is 4. The molecule has 0 radical (unpaired) electrons. The van der Waals surface area contributed by atoms with Crippen molar-refractivity contribution < 1.29 is 14.8 Å². The lowest BCUT2D eigenvalue weighted by atomic mass is 10.00. The molecule has 1 unspecified atom stereocenters. The normalized spacial score (nSPS) is 16.2.